The van der Waals surface area contributed by atoms with Gasteiger partial charge in [0.15, 0.2) is 5.76 Å². The van der Waals surface area contributed by atoms with Crippen molar-refractivity contribution in [2.45, 2.75) is 13.0 Å². The van der Waals surface area contributed by atoms with Crippen LogP contribution in [0.3, 0.4) is 0 Å². The third-order valence-electron chi connectivity index (χ3n) is 3.44. The number of nitrogens with two attached hydrogens (primary N) is 1. The van der Waals surface area contributed by atoms with Crippen LogP contribution in [0.2, 0.25) is 0 Å². The Morgan fingerprint density at radius 2 is 1.96 bits per heavy atom. The molecule has 0 unspecified atom stereocenters. The van der Waals surface area contributed by atoms with Crippen LogP contribution in [0.4, 0.5) is 14.6 Å². The number of aromatic nitrogens is 6. The number of rotatable bonds is 5. The SMILES string of the molecule is Nc1ccc(-c2cn(Cc3ccc(-c4nnc(C(F)F)o4)o3)nn2)cn1. The molecule has 0 saturated carbocycles. The molecule has 11 heteroatoms. The third-order valence-corrected chi connectivity index (χ3v) is 3.44. The number of halogens is 2. The first kappa shape index (κ1) is 15.9. The lowest BCUT2D eigenvalue weighted by Crippen LogP contribution is -1.98. The Hall–Kier alpha value is -3.63. The van der Waals surface area contributed by atoms with Crippen LogP contribution >= 0.6 is 0 Å². The quantitative estimate of drug-likeness (QED) is 0.577. The summed E-state index contributed by atoms with van der Waals surface area (Å²) in [6.07, 6.45) is 0.490. The maximum absolute atomic E-state index is 12.5. The number of hydrogen-bond donors (Lipinski definition) is 1. The lowest BCUT2D eigenvalue weighted by Gasteiger charge is -1.97. The van der Waals surface area contributed by atoms with Crippen molar-refractivity contribution in [1.29, 1.82) is 0 Å². The summed E-state index contributed by atoms with van der Waals surface area (Å²) in [6.45, 7) is 0.283. The Labute approximate surface area is 144 Å². The van der Waals surface area contributed by atoms with Gasteiger partial charge in [-0.05, 0) is 24.3 Å². The van der Waals surface area contributed by atoms with Crippen molar-refractivity contribution >= 4 is 5.82 Å². The van der Waals surface area contributed by atoms with Gasteiger partial charge in [0, 0.05) is 11.8 Å². The molecular formula is C15H11F2N7O2. The number of nitrogen functional groups attached to an aromatic ring is 1. The van der Waals surface area contributed by atoms with Crippen LogP contribution in [0.1, 0.15) is 18.1 Å². The van der Waals surface area contributed by atoms with E-state index in [1.807, 2.05) is 0 Å². The molecule has 2 N–H and O–H groups in total. The number of anilines is 1. The zero-order valence-electron chi connectivity index (χ0n) is 13.1. The van der Waals surface area contributed by atoms with Gasteiger partial charge in [0.25, 0.3) is 11.8 Å². The second-order valence-electron chi connectivity index (χ2n) is 5.29. The molecule has 132 valence electrons. The van der Waals surface area contributed by atoms with Crippen LogP contribution < -0.4 is 5.73 Å². The zero-order valence-corrected chi connectivity index (χ0v) is 13.1. The highest BCUT2D eigenvalue weighted by atomic mass is 19.3. The second-order valence-corrected chi connectivity index (χ2v) is 5.29. The summed E-state index contributed by atoms with van der Waals surface area (Å²) in [6, 6.07) is 6.68. The molecule has 0 aliphatic heterocycles. The van der Waals surface area contributed by atoms with Crippen molar-refractivity contribution in [2.24, 2.45) is 0 Å². The first-order valence-corrected chi connectivity index (χ1v) is 7.41. The molecule has 4 aromatic rings. The van der Waals surface area contributed by atoms with Gasteiger partial charge in [0.05, 0.1) is 6.20 Å². The fourth-order valence-corrected chi connectivity index (χ4v) is 2.22. The minimum absolute atomic E-state index is 0.112. The molecule has 9 nitrogen and oxygen atoms in total. The monoisotopic (exact) mass is 359 g/mol. The van der Waals surface area contributed by atoms with Crippen LogP contribution in [-0.2, 0) is 6.54 Å². The predicted octanol–water partition coefficient (Wildman–Crippen LogP) is 2.55. The standard InChI is InChI=1S/C15H11F2N7O2/c16-13(17)15-22-21-14(26-15)11-3-2-9(25-11)6-24-7-10(20-23-24)8-1-4-12(18)19-5-8/h1-5,7,13H,6H2,(H2,18,19). The Bertz CT molecular complexity index is 1020. The summed E-state index contributed by atoms with van der Waals surface area (Å²) < 4.78 is 36.9. The number of hydrogen-bond acceptors (Lipinski definition) is 8. The van der Waals surface area contributed by atoms with Gasteiger partial charge in [-0.2, -0.15) is 8.78 Å². The normalized spacial score (nSPS) is 11.3. The average Bonchev–Trinajstić information content (AvgIpc) is 3.36. The van der Waals surface area contributed by atoms with E-state index in [9.17, 15) is 8.78 Å². The molecule has 0 aliphatic carbocycles. The number of nitrogens with zero attached hydrogens (tertiary/aromatic N) is 6. The van der Waals surface area contributed by atoms with Gasteiger partial charge in [0.1, 0.15) is 23.8 Å². The molecule has 0 atom stereocenters. The highest BCUT2D eigenvalue weighted by Gasteiger charge is 2.19. The Morgan fingerprint density at radius 3 is 2.69 bits per heavy atom. The fraction of sp³-hybridized carbons (Fsp3) is 0.133. The molecule has 0 radical (unpaired) electrons. The van der Waals surface area contributed by atoms with Gasteiger partial charge in [-0.25, -0.2) is 9.67 Å². The second kappa shape index (κ2) is 6.35. The van der Waals surface area contributed by atoms with E-state index in [0.717, 1.165) is 5.56 Å². The molecule has 0 fully saturated rings. The number of alkyl halides is 2. The molecule has 0 amide bonds. The average molecular weight is 359 g/mol. The van der Waals surface area contributed by atoms with E-state index in [4.69, 9.17) is 14.6 Å². The van der Waals surface area contributed by atoms with Crippen LogP contribution in [-0.4, -0.2) is 30.2 Å². The minimum Gasteiger partial charge on any atom is -0.454 e. The molecule has 0 aliphatic rings. The van der Waals surface area contributed by atoms with Gasteiger partial charge in [-0.1, -0.05) is 5.21 Å². The van der Waals surface area contributed by atoms with E-state index in [-0.39, 0.29) is 18.2 Å². The Balaban J connectivity index is 1.50. The molecule has 0 spiro atoms. The minimum atomic E-state index is -2.83. The van der Waals surface area contributed by atoms with Crippen LogP contribution in [0.5, 0.6) is 0 Å². The van der Waals surface area contributed by atoms with Crippen LogP contribution in [0.15, 0.2) is 45.5 Å². The predicted molar refractivity (Wildman–Crippen MR) is 83.7 cm³/mol. The van der Waals surface area contributed by atoms with E-state index >= 15 is 0 Å². The van der Waals surface area contributed by atoms with Crippen LogP contribution in [0, 0.1) is 0 Å². The van der Waals surface area contributed by atoms with Crippen molar-refractivity contribution in [1.82, 2.24) is 30.2 Å². The summed E-state index contributed by atoms with van der Waals surface area (Å²) in [7, 11) is 0. The van der Waals surface area contributed by atoms with E-state index < -0.39 is 12.3 Å². The van der Waals surface area contributed by atoms with Crippen molar-refractivity contribution in [3.05, 3.63) is 48.3 Å². The van der Waals surface area contributed by atoms with Gasteiger partial charge in [-0.3, -0.25) is 0 Å². The van der Waals surface area contributed by atoms with E-state index in [1.165, 1.54) is 0 Å². The smallest absolute Gasteiger partial charge is 0.314 e. The lowest BCUT2D eigenvalue weighted by atomic mass is 10.2. The first-order chi connectivity index (χ1) is 12.6. The summed E-state index contributed by atoms with van der Waals surface area (Å²) in [5.41, 5.74) is 6.96. The van der Waals surface area contributed by atoms with Crippen molar-refractivity contribution < 1.29 is 17.6 Å². The maximum Gasteiger partial charge on any atom is 0.314 e. The highest BCUT2D eigenvalue weighted by Crippen LogP contribution is 2.25. The van der Waals surface area contributed by atoms with Gasteiger partial charge < -0.3 is 14.6 Å². The fourth-order valence-electron chi connectivity index (χ4n) is 2.22. The maximum atomic E-state index is 12.5. The summed E-state index contributed by atoms with van der Waals surface area (Å²) in [5, 5.41) is 14.9. The summed E-state index contributed by atoms with van der Waals surface area (Å²) >= 11 is 0. The molecule has 4 rings (SSSR count). The van der Waals surface area contributed by atoms with Crippen molar-refractivity contribution in [3.63, 3.8) is 0 Å². The molecule has 4 heterocycles. The van der Waals surface area contributed by atoms with E-state index in [0.29, 0.717) is 17.3 Å². The van der Waals surface area contributed by atoms with E-state index in [1.54, 1.807) is 41.3 Å². The summed E-state index contributed by atoms with van der Waals surface area (Å²) in [4.78, 5) is 4.01. The van der Waals surface area contributed by atoms with E-state index in [2.05, 4.69) is 25.5 Å². The first-order valence-electron chi connectivity index (χ1n) is 7.41. The number of pyridine rings is 1. The largest absolute Gasteiger partial charge is 0.454 e. The Kier molecular flexibility index (Phi) is 3.88. The molecule has 26 heavy (non-hydrogen) atoms. The van der Waals surface area contributed by atoms with Crippen LogP contribution in [0.25, 0.3) is 22.9 Å². The van der Waals surface area contributed by atoms with Crippen molar-refractivity contribution in [3.8, 4) is 22.9 Å². The highest BCUT2D eigenvalue weighted by molar-refractivity contribution is 5.57. The molecular weight excluding hydrogens is 348 g/mol. The zero-order chi connectivity index (χ0) is 18.1. The van der Waals surface area contributed by atoms with Gasteiger partial charge in [0.2, 0.25) is 0 Å². The molecule has 0 saturated heterocycles. The molecule has 0 aromatic carbocycles. The third kappa shape index (κ3) is 3.14. The molecule has 4 aromatic heterocycles. The number of furan rings is 1. The van der Waals surface area contributed by atoms with Crippen molar-refractivity contribution in [2.75, 3.05) is 5.73 Å². The summed E-state index contributed by atoms with van der Waals surface area (Å²) in [5.74, 6) is 0.265. The lowest BCUT2D eigenvalue weighted by molar-refractivity contribution is 0.115. The van der Waals surface area contributed by atoms with Gasteiger partial charge >= 0.3 is 6.43 Å². The Morgan fingerprint density at radius 1 is 1.08 bits per heavy atom. The topological polar surface area (TPSA) is 122 Å². The molecule has 0 bridgehead atoms. The van der Waals surface area contributed by atoms with Gasteiger partial charge in [-0.15, -0.1) is 15.3 Å².